The number of hydrogen-bond acceptors (Lipinski definition) is 3. The predicted molar refractivity (Wildman–Crippen MR) is 211 cm³/mol. The lowest BCUT2D eigenvalue weighted by atomic mass is 9.97. The first kappa shape index (κ1) is 31.3. The maximum absolute atomic E-state index is 14.8. The van der Waals surface area contributed by atoms with Crippen molar-refractivity contribution in [1.82, 2.24) is 19.5 Å². The second-order valence-corrected chi connectivity index (χ2v) is 13.2. The van der Waals surface area contributed by atoms with Gasteiger partial charge < -0.3 is 4.57 Å². The van der Waals surface area contributed by atoms with E-state index in [2.05, 4.69) is 97.3 Å². The third-order valence-electron chi connectivity index (χ3n) is 9.70. The molecule has 0 amide bonds. The molecule has 0 fully saturated rings. The summed E-state index contributed by atoms with van der Waals surface area (Å²) in [6, 6.07) is 54.7. The van der Waals surface area contributed by atoms with Gasteiger partial charge >= 0.3 is 0 Å². The van der Waals surface area contributed by atoms with Crippen LogP contribution in [-0.2, 0) is 0 Å². The molecule has 4 nitrogen and oxygen atoms in total. The molecule has 0 aliphatic carbocycles. The molecule has 5 heteroatoms. The van der Waals surface area contributed by atoms with Crippen molar-refractivity contribution in [2.75, 3.05) is 0 Å². The first-order valence-corrected chi connectivity index (χ1v) is 17.4. The molecule has 9 aromatic rings. The second kappa shape index (κ2) is 12.9. The third-order valence-corrected chi connectivity index (χ3v) is 9.70. The van der Waals surface area contributed by atoms with Crippen molar-refractivity contribution >= 4 is 21.8 Å². The van der Waals surface area contributed by atoms with E-state index in [0.29, 0.717) is 17.5 Å². The molecule has 2 aromatic heterocycles. The van der Waals surface area contributed by atoms with E-state index in [1.54, 1.807) is 12.1 Å². The van der Waals surface area contributed by atoms with Gasteiger partial charge in [0.1, 0.15) is 5.82 Å². The van der Waals surface area contributed by atoms with Crippen LogP contribution in [0.25, 0.3) is 83.9 Å². The Morgan fingerprint density at radius 2 is 1.04 bits per heavy atom. The lowest BCUT2D eigenvalue weighted by Crippen LogP contribution is -2.02. The second-order valence-electron chi connectivity index (χ2n) is 13.2. The third kappa shape index (κ3) is 5.62. The highest BCUT2D eigenvalue weighted by Crippen LogP contribution is 2.39. The van der Waals surface area contributed by atoms with Gasteiger partial charge in [-0.15, -0.1) is 0 Å². The maximum atomic E-state index is 14.8. The van der Waals surface area contributed by atoms with Gasteiger partial charge in [0.2, 0.25) is 0 Å². The maximum Gasteiger partial charge on any atom is 0.164 e. The first-order valence-electron chi connectivity index (χ1n) is 17.4. The molecule has 0 spiro atoms. The number of benzene rings is 7. The summed E-state index contributed by atoms with van der Waals surface area (Å²) >= 11 is 0. The molecule has 9 rings (SSSR count). The number of aryl methyl sites for hydroxylation is 2. The van der Waals surface area contributed by atoms with Gasteiger partial charge in [0.15, 0.2) is 17.5 Å². The lowest BCUT2D eigenvalue weighted by Gasteiger charge is -2.16. The minimum absolute atomic E-state index is 0.306. The molecule has 52 heavy (non-hydrogen) atoms. The predicted octanol–water partition coefficient (Wildman–Crippen LogP) is 12.1. The van der Waals surface area contributed by atoms with Crippen molar-refractivity contribution in [3.63, 3.8) is 0 Å². The van der Waals surface area contributed by atoms with Gasteiger partial charge in [-0.25, -0.2) is 19.3 Å². The average Bonchev–Trinajstić information content (AvgIpc) is 3.52. The van der Waals surface area contributed by atoms with E-state index in [0.717, 1.165) is 55.5 Å². The molecule has 248 valence electrons. The Morgan fingerprint density at radius 3 is 1.75 bits per heavy atom. The van der Waals surface area contributed by atoms with Crippen LogP contribution < -0.4 is 0 Å². The fraction of sp³-hybridized carbons (Fsp3) is 0.0426. The molecule has 0 radical (unpaired) electrons. The van der Waals surface area contributed by atoms with E-state index >= 15 is 0 Å². The number of rotatable bonds is 6. The van der Waals surface area contributed by atoms with E-state index in [1.807, 2.05) is 66.7 Å². The Morgan fingerprint density at radius 1 is 0.423 bits per heavy atom. The Balaban J connectivity index is 1.32. The van der Waals surface area contributed by atoms with Crippen molar-refractivity contribution < 1.29 is 4.39 Å². The number of aromatic nitrogens is 4. The molecular weight excluding hydrogens is 640 g/mol. The highest BCUT2D eigenvalue weighted by atomic mass is 19.1. The molecule has 0 saturated carbocycles. The summed E-state index contributed by atoms with van der Waals surface area (Å²) in [6.45, 7) is 4.29. The first-order chi connectivity index (χ1) is 25.5. The summed E-state index contributed by atoms with van der Waals surface area (Å²) < 4.78 is 17.1. The standard InChI is InChI=1S/C47H33FN4/c1-30-20-23-38(31(2)26-30)35-21-24-41-40-18-9-10-19-43(40)52(44(41)28-35)37-22-25-39(34-16-11-17-36(48)27-34)42(29-37)47-50-45(32-12-5-3-6-13-32)49-46(51-47)33-14-7-4-8-15-33/h3-29H,1-2H3. The number of fused-ring (bicyclic) bond motifs is 3. The Bertz CT molecular complexity index is 2710. The van der Waals surface area contributed by atoms with Crippen LogP contribution >= 0.6 is 0 Å². The molecule has 0 aliphatic rings. The quantitative estimate of drug-likeness (QED) is 0.177. The molecule has 0 atom stereocenters. The Kier molecular flexibility index (Phi) is 7.74. The van der Waals surface area contributed by atoms with Crippen LogP contribution in [0.4, 0.5) is 4.39 Å². The average molecular weight is 673 g/mol. The molecule has 0 unspecified atom stereocenters. The molecule has 7 aromatic carbocycles. The number of nitrogens with zero attached hydrogens (tertiary/aromatic N) is 4. The van der Waals surface area contributed by atoms with Crippen LogP contribution in [0.2, 0.25) is 0 Å². The normalized spacial score (nSPS) is 11.4. The Hall–Kier alpha value is -6.72. The van der Waals surface area contributed by atoms with Gasteiger partial charge in [-0.05, 0) is 78.1 Å². The molecule has 0 bridgehead atoms. The van der Waals surface area contributed by atoms with Crippen molar-refractivity contribution in [2.24, 2.45) is 0 Å². The topological polar surface area (TPSA) is 43.6 Å². The van der Waals surface area contributed by atoms with Gasteiger partial charge in [-0.3, -0.25) is 0 Å². The van der Waals surface area contributed by atoms with Gasteiger partial charge in [0.05, 0.1) is 11.0 Å². The summed E-state index contributed by atoms with van der Waals surface area (Å²) in [6.07, 6.45) is 0. The molecule has 2 heterocycles. The number of para-hydroxylation sites is 1. The zero-order valence-electron chi connectivity index (χ0n) is 28.8. The van der Waals surface area contributed by atoms with E-state index in [1.165, 1.54) is 28.1 Å². The van der Waals surface area contributed by atoms with Crippen LogP contribution in [0.15, 0.2) is 164 Å². The summed E-state index contributed by atoms with van der Waals surface area (Å²) in [4.78, 5) is 15.1. The Labute approximate surface area is 301 Å². The smallest absolute Gasteiger partial charge is 0.164 e. The molecule has 0 N–H and O–H groups in total. The lowest BCUT2D eigenvalue weighted by molar-refractivity contribution is 0.628. The van der Waals surface area contributed by atoms with E-state index < -0.39 is 0 Å². The minimum atomic E-state index is -0.306. The summed E-state index contributed by atoms with van der Waals surface area (Å²) in [5.74, 6) is 1.33. The highest BCUT2D eigenvalue weighted by Gasteiger charge is 2.20. The summed E-state index contributed by atoms with van der Waals surface area (Å²) in [5.41, 5.74) is 12.1. The van der Waals surface area contributed by atoms with Gasteiger partial charge in [-0.1, -0.05) is 133 Å². The van der Waals surface area contributed by atoms with Crippen molar-refractivity contribution in [3.8, 4) is 62.1 Å². The van der Waals surface area contributed by atoms with Crippen molar-refractivity contribution in [2.45, 2.75) is 13.8 Å². The number of halogens is 1. The zero-order valence-corrected chi connectivity index (χ0v) is 28.8. The number of hydrogen-bond donors (Lipinski definition) is 0. The largest absolute Gasteiger partial charge is 0.309 e. The molecule has 0 saturated heterocycles. The van der Waals surface area contributed by atoms with Crippen molar-refractivity contribution in [3.05, 3.63) is 181 Å². The van der Waals surface area contributed by atoms with Crippen LogP contribution in [0, 0.1) is 19.7 Å². The fourth-order valence-electron chi connectivity index (χ4n) is 7.25. The zero-order chi connectivity index (χ0) is 35.2. The van der Waals surface area contributed by atoms with Crippen LogP contribution in [0.3, 0.4) is 0 Å². The molecular formula is C47H33FN4. The SMILES string of the molecule is Cc1ccc(-c2ccc3c4ccccc4n(-c4ccc(-c5cccc(F)c5)c(-c5nc(-c6ccccc6)nc(-c6ccccc6)n5)c4)c3c2)c(C)c1. The van der Waals surface area contributed by atoms with E-state index in [-0.39, 0.29) is 5.82 Å². The highest BCUT2D eigenvalue weighted by molar-refractivity contribution is 6.10. The van der Waals surface area contributed by atoms with Gasteiger partial charge in [0.25, 0.3) is 0 Å². The van der Waals surface area contributed by atoms with Gasteiger partial charge in [-0.2, -0.15) is 0 Å². The molecule has 0 aliphatic heterocycles. The monoisotopic (exact) mass is 672 g/mol. The van der Waals surface area contributed by atoms with Crippen LogP contribution in [0.5, 0.6) is 0 Å². The van der Waals surface area contributed by atoms with E-state index in [9.17, 15) is 4.39 Å². The van der Waals surface area contributed by atoms with Gasteiger partial charge in [0, 0.05) is 33.2 Å². The van der Waals surface area contributed by atoms with Crippen LogP contribution in [0.1, 0.15) is 11.1 Å². The minimum Gasteiger partial charge on any atom is -0.309 e. The van der Waals surface area contributed by atoms with Crippen LogP contribution in [-0.4, -0.2) is 19.5 Å². The van der Waals surface area contributed by atoms with Crippen molar-refractivity contribution in [1.29, 1.82) is 0 Å². The summed E-state index contributed by atoms with van der Waals surface area (Å²) in [5, 5.41) is 2.33. The van der Waals surface area contributed by atoms with E-state index in [4.69, 9.17) is 15.0 Å². The fourth-order valence-corrected chi connectivity index (χ4v) is 7.25. The summed E-state index contributed by atoms with van der Waals surface area (Å²) in [7, 11) is 0.